The van der Waals surface area contributed by atoms with Crippen molar-refractivity contribution in [3.8, 4) is 0 Å². The number of hydrogen-bond acceptors (Lipinski definition) is 4. The first-order chi connectivity index (χ1) is 9.95. The quantitative estimate of drug-likeness (QED) is 0.456. The molecule has 0 aliphatic rings. The molecule has 0 unspecified atom stereocenters. The summed E-state index contributed by atoms with van der Waals surface area (Å²) in [6.07, 6.45) is 2.99. The highest BCUT2D eigenvalue weighted by atomic mass is 32.2. The summed E-state index contributed by atoms with van der Waals surface area (Å²) >= 11 is 0. The first-order valence-corrected chi connectivity index (χ1v) is 8.35. The summed E-state index contributed by atoms with van der Waals surface area (Å²) < 4.78 is 32.1. The van der Waals surface area contributed by atoms with E-state index in [-0.39, 0.29) is 10.7 Å². The Labute approximate surface area is 133 Å². The predicted molar refractivity (Wildman–Crippen MR) is 86.5 cm³/mol. The lowest BCUT2D eigenvalue weighted by Gasteiger charge is -2.23. The minimum Gasteiger partial charge on any atom is -0.744 e. The van der Waals surface area contributed by atoms with Gasteiger partial charge < -0.3 is 9.04 Å². The molecule has 1 aromatic carbocycles. The minimum absolute atomic E-state index is 0.151. The number of carbonyl (C=O) groups excluding carboxylic acids is 1. The van der Waals surface area contributed by atoms with Crippen molar-refractivity contribution < 1.29 is 22.2 Å². The van der Waals surface area contributed by atoms with E-state index in [9.17, 15) is 17.8 Å². The van der Waals surface area contributed by atoms with E-state index in [1.54, 1.807) is 12.1 Å². The van der Waals surface area contributed by atoms with E-state index in [2.05, 4.69) is 27.7 Å². The molecule has 6 heteroatoms. The number of hydrogen-bond donors (Lipinski definition) is 0. The first kappa shape index (κ1) is 20.5. The number of nitrogens with zero attached hydrogens (tertiary/aromatic N) is 1. The summed E-state index contributed by atoms with van der Waals surface area (Å²) in [5, 5.41) is 0. The summed E-state index contributed by atoms with van der Waals surface area (Å²) in [5.41, 5.74) is 0.928. The van der Waals surface area contributed by atoms with Crippen molar-refractivity contribution >= 4 is 15.9 Å². The standard InChI is InChI=1S/C9H18NO.C7H8O3S/c1-5-9(11)7-6-8-10(2,3)4;1-6-2-4-7(5-3-6)11(8,9)10/h5H,1,6-8H2,2-4H3;2-5H,1H3,(H,8,9,10)/q+1;/p-1. The Morgan fingerprint density at radius 2 is 1.73 bits per heavy atom. The highest BCUT2D eigenvalue weighted by molar-refractivity contribution is 7.85. The molecule has 0 fully saturated rings. The Bertz CT molecular complexity index is 584. The second kappa shape index (κ2) is 8.82. The molecule has 0 saturated heterocycles. The zero-order valence-corrected chi connectivity index (χ0v) is 14.5. The van der Waals surface area contributed by atoms with Gasteiger partial charge in [-0.2, -0.15) is 0 Å². The van der Waals surface area contributed by atoms with Gasteiger partial charge in [-0.1, -0.05) is 24.3 Å². The topological polar surface area (TPSA) is 74.3 Å². The largest absolute Gasteiger partial charge is 0.744 e. The van der Waals surface area contributed by atoms with Gasteiger partial charge >= 0.3 is 0 Å². The number of carbonyl (C=O) groups is 1. The van der Waals surface area contributed by atoms with E-state index in [0.717, 1.165) is 23.0 Å². The van der Waals surface area contributed by atoms with Crippen LogP contribution in [0, 0.1) is 6.92 Å². The van der Waals surface area contributed by atoms with E-state index in [0.29, 0.717) is 6.42 Å². The Morgan fingerprint density at radius 1 is 1.23 bits per heavy atom. The fourth-order valence-corrected chi connectivity index (χ4v) is 2.00. The number of rotatable bonds is 6. The van der Waals surface area contributed by atoms with Crippen molar-refractivity contribution in [2.45, 2.75) is 24.7 Å². The van der Waals surface area contributed by atoms with Gasteiger partial charge in [0, 0.05) is 12.8 Å². The van der Waals surface area contributed by atoms with Crippen molar-refractivity contribution in [3.05, 3.63) is 42.5 Å². The molecule has 0 aromatic heterocycles. The molecule has 0 amide bonds. The highest BCUT2D eigenvalue weighted by Crippen LogP contribution is 2.08. The summed E-state index contributed by atoms with van der Waals surface area (Å²) in [5.74, 6) is 0.151. The Kier molecular flexibility index (Phi) is 8.22. The van der Waals surface area contributed by atoms with Crippen LogP contribution in [-0.2, 0) is 14.9 Å². The number of allylic oxidation sites excluding steroid dienone is 1. The molecule has 0 atom stereocenters. The van der Waals surface area contributed by atoms with Crippen molar-refractivity contribution in [1.29, 1.82) is 0 Å². The van der Waals surface area contributed by atoms with Gasteiger partial charge in [0.2, 0.25) is 0 Å². The maximum absolute atomic E-state index is 10.8. The van der Waals surface area contributed by atoms with Gasteiger partial charge in [-0.15, -0.1) is 0 Å². The van der Waals surface area contributed by atoms with Crippen molar-refractivity contribution in [1.82, 2.24) is 0 Å². The van der Waals surface area contributed by atoms with Gasteiger partial charge in [0.25, 0.3) is 0 Å². The van der Waals surface area contributed by atoms with Crippen LogP contribution in [0.1, 0.15) is 18.4 Å². The normalized spacial score (nSPS) is 11.3. The lowest BCUT2D eigenvalue weighted by atomic mass is 10.2. The number of quaternary nitrogens is 1. The molecule has 0 saturated carbocycles. The summed E-state index contributed by atoms with van der Waals surface area (Å²) in [6.45, 7) is 6.28. The Morgan fingerprint density at radius 3 is 2.09 bits per heavy atom. The van der Waals surface area contributed by atoms with Crippen LogP contribution in [0.3, 0.4) is 0 Å². The molecule has 0 radical (unpaired) electrons. The van der Waals surface area contributed by atoms with E-state index < -0.39 is 10.1 Å². The van der Waals surface area contributed by atoms with Crippen molar-refractivity contribution in [2.24, 2.45) is 0 Å². The lowest BCUT2D eigenvalue weighted by molar-refractivity contribution is -0.870. The highest BCUT2D eigenvalue weighted by Gasteiger charge is 2.06. The number of benzene rings is 1. The average Bonchev–Trinajstić information content (AvgIpc) is 2.37. The van der Waals surface area contributed by atoms with Crippen LogP contribution in [0.25, 0.3) is 0 Å². The third-order valence-electron chi connectivity index (χ3n) is 2.79. The number of ketones is 1. The molecule has 1 rings (SSSR count). The molecule has 0 aliphatic carbocycles. The van der Waals surface area contributed by atoms with Gasteiger partial charge in [-0.3, -0.25) is 4.79 Å². The van der Waals surface area contributed by atoms with Gasteiger partial charge in [0.05, 0.1) is 32.6 Å². The molecule has 0 heterocycles. The fourth-order valence-electron chi connectivity index (χ4n) is 1.53. The van der Waals surface area contributed by atoms with Crippen LogP contribution in [-0.4, -0.2) is 50.9 Å². The Balaban J connectivity index is 0.000000401. The smallest absolute Gasteiger partial charge is 0.155 e. The monoisotopic (exact) mass is 327 g/mol. The second-order valence-corrected chi connectivity index (χ2v) is 7.43. The van der Waals surface area contributed by atoms with Crippen LogP contribution in [0.5, 0.6) is 0 Å². The molecular formula is C16H25NO4S. The lowest BCUT2D eigenvalue weighted by Crippen LogP contribution is -2.35. The summed E-state index contributed by atoms with van der Waals surface area (Å²) in [4.78, 5) is 10.6. The number of aryl methyl sites for hydroxylation is 1. The van der Waals surface area contributed by atoms with Crippen LogP contribution < -0.4 is 0 Å². The molecule has 0 aliphatic heterocycles. The Hall–Kier alpha value is -1.50. The fraction of sp³-hybridized carbons (Fsp3) is 0.438. The summed E-state index contributed by atoms with van der Waals surface area (Å²) in [6, 6.07) is 5.78. The van der Waals surface area contributed by atoms with Crippen LogP contribution >= 0.6 is 0 Å². The minimum atomic E-state index is -4.27. The molecule has 22 heavy (non-hydrogen) atoms. The van der Waals surface area contributed by atoms with Gasteiger partial charge in [0.1, 0.15) is 10.1 Å². The van der Waals surface area contributed by atoms with Crippen LogP contribution in [0.15, 0.2) is 41.8 Å². The maximum Gasteiger partial charge on any atom is 0.155 e. The molecule has 0 spiro atoms. The van der Waals surface area contributed by atoms with Gasteiger partial charge in [-0.25, -0.2) is 8.42 Å². The molecule has 0 bridgehead atoms. The SMILES string of the molecule is C=CC(=O)CCC[N+](C)(C)C.Cc1ccc(S(=O)(=O)[O-])cc1. The first-order valence-electron chi connectivity index (χ1n) is 6.94. The zero-order chi connectivity index (χ0) is 17.4. The maximum atomic E-state index is 10.8. The second-order valence-electron chi connectivity index (χ2n) is 6.06. The molecule has 0 N–H and O–H groups in total. The third-order valence-corrected chi connectivity index (χ3v) is 3.64. The summed E-state index contributed by atoms with van der Waals surface area (Å²) in [7, 11) is 2.10. The van der Waals surface area contributed by atoms with E-state index in [4.69, 9.17) is 0 Å². The third kappa shape index (κ3) is 10.3. The molecule has 124 valence electrons. The van der Waals surface area contributed by atoms with Gasteiger partial charge in [-0.05, 0) is 25.1 Å². The van der Waals surface area contributed by atoms with E-state index in [1.807, 2.05) is 6.92 Å². The molecule has 1 aromatic rings. The predicted octanol–water partition coefficient (Wildman–Crippen LogP) is 2.13. The van der Waals surface area contributed by atoms with Crippen LogP contribution in [0.2, 0.25) is 0 Å². The molecular weight excluding hydrogens is 302 g/mol. The van der Waals surface area contributed by atoms with Crippen molar-refractivity contribution in [3.63, 3.8) is 0 Å². The average molecular weight is 327 g/mol. The van der Waals surface area contributed by atoms with Gasteiger partial charge in [0.15, 0.2) is 5.78 Å². The zero-order valence-electron chi connectivity index (χ0n) is 13.7. The molecule has 5 nitrogen and oxygen atoms in total. The van der Waals surface area contributed by atoms with Crippen molar-refractivity contribution in [2.75, 3.05) is 27.7 Å². The van der Waals surface area contributed by atoms with E-state index >= 15 is 0 Å². The van der Waals surface area contributed by atoms with E-state index in [1.165, 1.54) is 18.2 Å². The van der Waals surface area contributed by atoms with Crippen LogP contribution in [0.4, 0.5) is 0 Å².